The normalized spacial score (nSPS) is 32.5. The van der Waals surface area contributed by atoms with Crippen molar-refractivity contribution in [3.05, 3.63) is 0 Å². The monoisotopic (exact) mass is 310 g/mol. The van der Waals surface area contributed by atoms with E-state index in [1.54, 1.807) is 0 Å². The van der Waals surface area contributed by atoms with Gasteiger partial charge in [0.25, 0.3) is 0 Å². The molecule has 0 aromatic carbocycles. The van der Waals surface area contributed by atoms with Crippen LogP contribution in [0, 0.1) is 11.3 Å². The maximum atomic E-state index is 12.3. The van der Waals surface area contributed by atoms with Crippen molar-refractivity contribution in [1.29, 1.82) is 0 Å². The average molecular weight is 310 g/mol. The second-order valence-corrected chi connectivity index (χ2v) is 7.02. The van der Waals surface area contributed by atoms with Crippen LogP contribution >= 0.6 is 0 Å². The van der Waals surface area contributed by atoms with E-state index in [1.807, 2.05) is 11.8 Å². The number of nitrogens with zero attached hydrogens (tertiary/aromatic N) is 1. The van der Waals surface area contributed by atoms with Gasteiger partial charge in [0, 0.05) is 31.2 Å². The van der Waals surface area contributed by atoms with E-state index in [0.29, 0.717) is 6.04 Å². The van der Waals surface area contributed by atoms with Crippen molar-refractivity contribution in [2.24, 2.45) is 11.3 Å². The molecule has 0 aromatic heterocycles. The van der Waals surface area contributed by atoms with Crippen LogP contribution in [0.4, 0.5) is 0 Å². The summed E-state index contributed by atoms with van der Waals surface area (Å²) < 4.78 is 5.39. The predicted molar refractivity (Wildman–Crippen MR) is 80.4 cm³/mol. The van der Waals surface area contributed by atoms with Crippen LogP contribution in [-0.2, 0) is 14.3 Å². The maximum absolute atomic E-state index is 12.3. The highest BCUT2D eigenvalue weighted by Gasteiger charge is 2.58. The number of carboxylic acids is 1. The van der Waals surface area contributed by atoms with E-state index in [0.717, 1.165) is 51.9 Å². The molecule has 2 N–H and O–H groups in total. The van der Waals surface area contributed by atoms with Crippen LogP contribution in [0.1, 0.15) is 39.0 Å². The Hall–Kier alpha value is -1.14. The summed E-state index contributed by atoms with van der Waals surface area (Å²) in [7, 11) is 0. The molecule has 6 heteroatoms. The predicted octanol–water partition coefficient (Wildman–Crippen LogP) is 0.857. The maximum Gasteiger partial charge on any atom is 0.317 e. The van der Waals surface area contributed by atoms with Crippen LogP contribution in [0.5, 0.6) is 0 Å². The SMILES string of the molecule is CCN(CC(=O)O)C1CC(NC(=O)C2CC23CCOCC3)C1. The van der Waals surface area contributed by atoms with E-state index >= 15 is 0 Å². The molecule has 22 heavy (non-hydrogen) atoms. The van der Waals surface area contributed by atoms with Gasteiger partial charge in [-0.15, -0.1) is 0 Å². The number of hydrogen-bond donors (Lipinski definition) is 2. The van der Waals surface area contributed by atoms with Gasteiger partial charge < -0.3 is 15.2 Å². The zero-order valence-electron chi connectivity index (χ0n) is 13.2. The Morgan fingerprint density at radius 3 is 2.59 bits per heavy atom. The molecule has 1 aliphatic heterocycles. The topological polar surface area (TPSA) is 78.9 Å². The molecule has 3 fully saturated rings. The molecule has 2 aliphatic carbocycles. The molecule has 1 heterocycles. The lowest BCUT2D eigenvalue weighted by molar-refractivity contribution is -0.140. The zero-order valence-corrected chi connectivity index (χ0v) is 13.2. The van der Waals surface area contributed by atoms with Gasteiger partial charge in [-0.25, -0.2) is 0 Å². The van der Waals surface area contributed by atoms with Crippen molar-refractivity contribution in [3.63, 3.8) is 0 Å². The second-order valence-electron chi connectivity index (χ2n) is 7.02. The summed E-state index contributed by atoms with van der Waals surface area (Å²) in [5, 5.41) is 12.1. The summed E-state index contributed by atoms with van der Waals surface area (Å²) in [6.45, 7) is 4.39. The summed E-state index contributed by atoms with van der Waals surface area (Å²) in [4.78, 5) is 25.1. The zero-order chi connectivity index (χ0) is 15.7. The van der Waals surface area contributed by atoms with E-state index in [1.165, 1.54) is 0 Å². The van der Waals surface area contributed by atoms with E-state index < -0.39 is 5.97 Å². The van der Waals surface area contributed by atoms with Crippen LogP contribution in [0.15, 0.2) is 0 Å². The minimum Gasteiger partial charge on any atom is -0.480 e. The number of carboxylic acid groups (broad SMARTS) is 1. The Kier molecular flexibility index (Phi) is 4.41. The molecule has 0 radical (unpaired) electrons. The van der Waals surface area contributed by atoms with Crippen molar-refractivity contribution < 1.29 is 19.4 Å². The van der Waals surface area contributed by atoms with E-state index in [-0.39, 0.29) is 29.8 Å². The molecular formula is C16H26N2O4. The van der Waals surface area contributed by atoms with E-state index in [2.05, 4.69) is 5.32 Å². The van der Waals surface area contributed by atoms with Gasteiger partial charge in [-0.2, -0.15) is 0 Å². The molecule has 3 aliphatic rings. The number of ether oxygens (including phenoxy) is 1. The quantitative estimate of drug-likeness (QED) is 0.760. The molecule has 1 unspecified atom stereocenters. The molecule has 1 spiro atoms. The minimum atomic E-state index is -0.784. The molecule has 0 aromatic rings. The number of aliphatic carboxylic acids is 1. The second kappa shape index (κ2) is 6.16. The first-order valence-electron chi connectivity index (χ1n) is 8.38. The highest BCUT2D eigenvalue weighted by atomic mass is 16.5. The van der Waals surface area contributed by atoms with Gasteiger partial charge in [-0.05, 0) is 44.1 Å². The van der Waals surface area contributed by atoms with Crippen LogP contribution in [-0.4, -0.2) is 60.3 Å². The third kappa shape index (κ3) is 3.13. The van der Waals surface area contributed by atoms with Crippen LogP contribution in [0.2, 0.25) is 0 Å². The Morgan fingerprint density at radius 1 is 1.32 bits per heavy atom. The van der Waals surface area contributed by atoms with Crippen molar-refractivity contribution in [2.75, 3.05) is 26.3 Å². The lowest BCUT2D eigenvalue weighted by atomic mass is 9.85. The van der Waals surface area contributed by atoms with Gasteiger partial charge >= 0.3 is 5.97 Å². The third-order valence-corrected chi connectivity index (χ3v) is 5.72. The van der Waals surface area contributed by atoms with Crippen molar-refractivity contribution >= 4 is 11.9 Å². The van der Waals surface area contributed by atoms with Gasteiger partial charge in [0.15, 0.2) is 0 Å². The van der Waals surface area contributed by atoms with Gasteiger partial charge in [0.1, 0.15) is 0 Å². The molecule has 124 valence electrons. The Labute approximate surface area is 131 Å². The van der Waals surface area contributed by atoms with E-state index in [4.69, 9.17) is 9.84 Å². The van der Waals surface area contributed by atoms with Crippen molar-refractivity contribution in [1.82, 2.24) is 10.2 Å². The summed E-state index contributed by atoms with van der Waals surface area (Å²) in [5.74, 6) is -0.405. The standard InChI is InChI=1S/C16H26N2O4/c1-2-18(10-14(19)20)12-7-11(8-12)17-15(21)13-9-16(13)3-5-22-6-4-16/h11-13H,2-10H2,1H3,(H,17,21)(H,19,20). The number of hydrogen-bond acceptors (Lipinski definition) is 4. The summed E-state index contributed by atoms with van der Waals surface area (Å²) in [5.41, 5.74) is 0.226. The van der Waals surface area contributed by atoms with Crippen molar-refractivity contribution in [2.45, 2.75) is 51.1 Å². The highest BCUT2D eigenvalue weighted by molar-refractivity contribution is 5.83. The molecule has 1 saturated heterocycles. The first kappa shape index (κ1) is 15.7. The first-order chi connectivity index (χ1) is 10.5. The Balaban J connectivity index is 1.41. The van der Waals surface area contributed by atoms with Crippen LogP contribution in [0.3, 0.4) is 0 Å². The number of likely N-dealkylation sites (N-methyl/N-ethyl adjacent to an activating group) is 1. The molecular weight excluding hydrogens is 284 g/mol. The minimum absolute atomic E-state index is 0.0908. The molecule has 1 atom stereocenters. The van der Waals surface area contributed by atoms with Gasteiger partial charge in [-0.3, -0.25) is 14.5 Å². The fourth-order valence-corrected chi connectivity index (χ4v) is 4.03. The first-order valence-corrected chi connectivity index (χ1v) is 8.38. The number of nitrogens with one attached hydrogen (secondary N) is 1. The Bertz CT molecular complexity index is 441. The highest BCUT2D eigenvalue weighted by Crippen LogP contribution is 2.59. The Morgan fingerprint density at radius 2 is 2.00 bits per heavy atom. The molecule has 6 nitrogen and oxygen atoms in total. The molecule has 2 saturated carbocycles. The third-order valence-electron chi connectivity index (χ3n) is 5.72. The largest absolute Gasteiger partial charge is 0.480 e. The van der Waals surface area contributed by atoms with E-state index in [9.17, 15) is 9.59 Å². The lowest BCUT2D eigenvalue weighted by Crippen LogP contribution is -2.55. The number of carbonyl (C=O) groups excluding carboxylic acids is 1. The van der Waals surface area contributed by atoms with Gasteiger partial charge in [0.2, 0.25) is 5.91 Å². The van der Waals surface area contributed by atoms with Crippen LogP contribution in [0.25, 0.3) is 0 Å². The van der Waals surface area contributed by atoms with Crippen molar-refractivity contribution in [3.8, 4) is 0 Å². The van der Waals surface area contributed by atoms with Gasteiger partial charge in [0.05, 0.1) is 6.54 Å². The molecule has 1 amide bonds. The number of carbonyl (C=O) groups is 2. The molecule has 0 bridgehead atoms. The summed E-state index contributed by atoms with van der Waals surface area (Å²) >= 11 is 0. The van der Waals surface area contributed by atoms with Crippen LogP contribution < -0.4 is 5.32 Å². The molecule has 3 rings (SSSR count). The summed E-state index contributed by atoms with van der Waals surface area (Å²) in [6.07, 6.45) is 4.78. The lowest BCUT2D eigenvalue weighted by Gasteiger charge is -2.42. The number of amides is 1. The number of rotatable bonds is 6. The fraction of sp³-hybridized carbons (Fsp3) is 0.875. The smallest absolute Gasteiger partial charge is 0.317 e. The average Bonchev–Trinajstić information content (AvgIpc) is 3.14. The fourth-order valence-electron chi connectivity index (χ4n) is 4.03. The summed E-state index contributed by atoms with van der Waals surface area (Å²) in [6, 6.07) is 0.514. The van der Waals surface area contributed by atoms with Gasteiger partial charge in [-0.1, -0.05) is 6.92 Å².